The van der Waals surface area contributed by atoms with Crippen LogP contribution in [0.1, 0.15) is 12.5 Å². The van der Waals surface area contributed by atoms with E-state index in [9.17, 15) is 0 Å². The Morgan fingerprint density at radius 3 is 1.62 bits per heavy atom. The maximum absolute atomic E-state index is 4.36. The lowest BCUT2D eigenvalue weighted by molar-refractivity contribution is 0.645. The number of pyridine rings is 4. The van der Waals surface area contributed by atoms with Crippen LogP contribution in [0.2, 0.25) is 0 Å². The topological polar surface area (TPSA) is 61.4 Å². The summed E-state index contributed by atoms with van der Waals surface area (Å²) in [7, 11) is 0. The lowest BCUT2D eigenvalue weighted by atomic mass is 10.0. The number of hydrogen-bond acceptors (Lipinski definition) is 4. The van der Waals surface area contributed by atoms with Crippen molar-refractivity contribution in [2.45, 2.75) is 12.5 Å². The highest BCUT2D eigenvalue weighted by Gasteiger charge is 2.22. The molecule has 0 saturated carbocycles. The lowest BCUT2D eigenvalue weighted by Crippen LogP contribution is -2.12. The molecule has 6 nitrogen and oxygen atoms in total. The Labute approximate surface area is 183 Å². The molecule has 0 aromatic carbocycles. The molecule has 32 heavy (non-hydrogen) atoms. The summed E-state index contributed by atoms with van der Waals surface area (Å²) in [5.74, 6) is 0. The molecule has 1 unspecified atom stereocenters. The van der Waals surface area contributed by atoms with Crippen LogP contribution in [0.5, 0.6) is 0 Å². The van der Waals surface area contributed by atoms with E-state index in [1.54, 1.807) is 0 Å². The van der Waals surface area contributed by atoms with Crippen LogP contribution in [-0.2, 0) is 0 Å². The van der Waals surface area contributed by atoms with Crippen molar-refractivity contribution in [2.75, 3.05) is 0 Å². The average Bonchev–Trinajstić information content (AvgIpc) is 3.37. The van der Waals surface area contributed by atoms with Gasteiger partial charge in [-0.25, -0.2) is 0 Å². The largest absolute Gasteiger partial charge is 0.333 e. The van der Waals surface area contributed by atoms with Crippen LogP contribution in [0.3, 0.4) is 0 Å². The van der Waals surface area contributed by atoms with Crippen LogP contribution in [-0.4, -0.2) is 29.1 Å². The molecule has 1 aliphatic carbocycles. The molecule has 6 heterocycles. The SMILES string of the molecule is C1=CC(n2c3ccncc3c3cnccc32)CC(n2c3ccncc3c3cnccc32)=C1. The van der Waals surface area contributed by atoms with E-state index >= 15 is 0 Å². The van der Waals surface area contributed by atoms with Gasteiger partial charge in [0.15, 0.2) is 0 Å². The quantitative estimate of drug-likeness (QED) is 0.374. The molecule has 152 valence electrons. The van der Waals surface area contributed by atoms with Gasteiger partial charge in [0.05, 0.1) is 28.1 Å². The summed E-state index contributed by atoms with van der Waals surface area (Å²) in [6.45, 7) is 0. The second-order valence-electron chi connectivity index (χ2n) is 8.09. The van der Waals surface area contributed by atoms with Crippen molar-refractivity contribution in [1.29, 1.82) is 0 Å². The van der Waals surface area contributed by atoms with E-state index < -0.39 is 0 Å². The Hall–Kier alpha value is -4.32. The van der Waals surface area contributed by atoms with Gasteiger partial charge in [0.2, 0.25) is 0 Å². The molecule has 0 amide bonds. The van der Waals surface area contributed by atoms with Crippen molar-refractivity contribution in [2.24, 2.45) is 0 Å². The van der Waals surface area contributed by atoms with Crippen molar-refractivity contribution < 1.29 is 0 Å². The van der Waals surface area contributed by atoms with E-state index in [4.69, 9.17) is 0 Å². The van der Waals surface area contributed by atoms with E-state index in [1.807, 2.05) is 49.6 Å². The minimum absolute atomic E-state index is 0.177. The second-order valence-corrected chi connectivity index (χ2v) is 8.09. The number of nitrogens with zero attached hydrogens (tertiary/aromatic N) is 6. The van der Waals surface area contributed by atoms with Gasteiger partial charge in [-0.3, -0.25) is 19.9 Å². The fourth-order valence-corrected chi connectivity index (χ4v) is 5.10. The third-order valence-electron chi connectivity index (χ3n) is 6.43. The normalized spacial score (nSPS) is 16.4. The van der Waals surface area contributed by atoms with Crippen LogP contribution >= 0.6 is 0 Å². The minimum Gasteiger partial charge on any atom is -0.333 e. The maximum atomic E-state index is 4.36. The van der Waals surface area contributed by atoms with Gasteiger partial charge >= 0.3 is 0 Å². The van der Waals surface area contributed by atoms with Crippen LogP contribution in [0.4, 0.5) is 0 Å². The Morgan fingerprint density at radius 1 is 0.625 bits per heavy atom. The number of hydrogen-bond donors (Lipinski definition) is 0. The van der Waals surface area contributed by atoms with Crippen molar-refractivity contribution in [3.05, 3.63) is 92.1 Å². The highest BCUT2D eigenvalue weighted by molar-refractivity contribution is 6.09. The molecule has 0 radical (unpaired) electrons. The third kappa shape index (κ3) is 2.34. The van der Waals surface area contributed by atoms with Gasteiger partial charge in [-0.2, -0.15) is 0 Å². The summed E-state index contributed by atoms with van der Waals surface area (Å²) in [5.41, 5.74) is 5.90. The monoisotopic (exact) mass is 414 g/mol. The second kappa shape index (κ2) is 6.59. The number of aromatic nitrogens is 6. The maximum Gasteiger partial charge on any atom is 0.0580 e. The Balaban J connectivity index is 1.43. The van der Waals surface area contributed by atoms with Gasteiger partial charge in [0.25, 0.3) is 0 Å². The highest BCUT2D eigenvalue weighted by atomic mass is 15.1. The Kier molecular flexibility index (Phi) is 3.58. The molecule has 1 atom stereocenters. The Morgan fingerprint density at radius 2 is 1.09 bits per heavy atom. The predicted molar refractivity (Wildman–Crippen MR) is 127 cm³/mol. The molecule has 6 heteroatoms. The number of rotatable bonds is 2. The van der Waals surface area contributed by atoms with E-state index in [0.29, 0.717) is 0 Å². The molecular weight excluding hydrogens is 396 g/mol. The first-order chi connectivity index (χ1) is 15.9. The smallest absolute Gasteiger partial charge is 0.0580 e. The van der Waals surface area contributed by atoms with Crippen LogP contribution in [0.15, 0.2) is 92.1 Å². The molecule has 7 rings (SSSR count). The summed E-state index contributed by atoms with van der Waals surface area (Å²) < 4.78 is 4.76. The zero-order chi connectivity index (χ0) is 21.1. The summed E-state index contributed by atoms with van der Waals surface area (Å²) in [5, 5.41) is 4.51. The lowest BCUT2D eigenvalue weighted by Gasteiger charge is -2.24. The molecule has 6 aromatic rings. The van der Waals surface area contributed by atoms with Gasteiger partial charge in [0, 0.05) is 83.2 Å². The molecule has 6 aromatic heterocycles. The first-order valence-electron chi connectivity index (χ1n) is 10.6. The van der Waals surface area contributed by atoms with Gasteiger partial charge in [-0.1, -0.05) is 12.2 Å². The van der Waals surface area contributed by atoms with Crippen LogP contribution in [0.25, 0.3) is 49.3 Å². The van der Waals surface area contributed by atoms with E-state index in [1.165, 1.54) is 16.7 Å². The van der Waals surface area contributed by atoms with E-state index in [0.717, 1.165) is 39.0 Å². The van der Waals surface area contributed by atoms with Crippen molar-refractivity contribution in [1.82, 2.24) is 29.1 Å². The first-order valence-corrected chi connectivity index (χ1v) is 10.6. The van der Waals surface area contributed by atoms with E-state index in [2.05, 4.69) is 71.6 Å². The number of allylic oxidation sites excluding steroid dienone is 4. The summed E-state index contributed by atoms with van der Waals surface area (Å²) in [4.78, 5) is 17.4. The third-order valence-corrected chi connectivity index (χ3v) is 6.43. The van der Waals surface area contributed by atoms with E-state index in [-0.39, 0.29) is 6.04 Å². The van der Waals surface area contributed by atoms with Gasteiger partial charge in [-0.15, -0.1) is 0 Å². The molecule has 0 fully saturated rings. The molecular formula is C26H18N6. The summed E-state index contributed by atoms with van der Waals surface area (Å²) in [6.07, 6.45) is 22.7. The van der Waals surface area contributed by atoms with Crippen molar-refractivity contribution in [3.8, 4) is 0 Å². The van der Waals surface area contributed by atoms with Crippen LogP contribution < -0.4 is 0 Å². The summed E-state index contributed by atoms with van der Waals surface area (Å²) in [6, 6.07) is 8.54. The van der Waals surface area contributed by atoms with Gasteiger partial charge < -0.3 is 9.13 Å². The first kappa shape index (κ1) is 17.4. The molecule has 1 aliphatic rings. The molecule has 0 spiro atoms. The zero-order valence-corrected chi connectivity index (χ0v) is 17.1. The van der Waals surface area contributed by atoms with Gasteiger partial charge in [0.1, 0.15) is 0 Å². The van der Waals surface area contributed by atoms with Crippen molar-refractivity contribution in [3.63, 3.8) is 0 Å². The fraction of sp³-hybridized carbons (Fsp3) is 0.0769. The van der Waals surface area contributed by atoms with Gasteiger partial charge in [-0.05, 0) is 30.3 Å². The summed E-state index contributed by atoms with van der Waals surface area (Å²) >= 11 is 0. The predicted octanol–water partition coefficient (Wildman–Crippen LogP) is 5.52. The molecule has 0 aliphatic heterocycles. The average molecular weight is 414 g/mol. The molecule has 0 bridgehead atoms. The Bertz CT molecular complexity index is 1610. The highest BCUT2D eigenvalue weighted by Crippen LogP contribution is 2.38. The molecule has 0 N–H and O–H groups in total. The fourth-order valence-electron chi connectivity index (χ4n) is 5.10. The van der Waals surface area contributed by atoms with Crippen LogP contribution in [0, 0.1) is 0 Å². The molecule has 0 saturated heterocycles. The number of fused-ring (bicyclic) bond motifs is 6. The zero-order valence-electron chi connectivity index (χ0n) is 17.1. The van der Waals surface area contributed by atoms with Crippen molar-refractivity contribution >= 4 is 49.3 Å². The minimum atomic E-state index is 0.177. The standard InChI is InChI=1S/C26H18N6/c1-2-17(31-23-4-8-27-13-19(23)20-14-28-9-5-24(20)31)12-18(3-1)32-25-6-10-29-15-21(25)22-16-30-11-7-26(22)32/h1-11,13-17H,12H2.